The van der Waals surface area contributed by atoms with Gasteiger partial charge in [0.1, 0.15) is 12.4 Å². The van der Waals surface area contributed by atoms with Gasteiger partial charge in [0.2, 0.25) is 5.91 Å². The number of sulfone groups is 1. The standard InChI is InChI=1S/C17H25NO4S/c1-23(20,21)12-11-22-16-8-4-7-15(13-16)18-17(19)10-9-14-5-2-3-6-14/h4,7-8,13-14H,2-3,5-6,9-12H2,1H3,(H,18,19). The quantitative estimate of drug-likeness (QED) is 0.790. The molecule has 23 heavy (non-hydrogen) atoms. The summed E-state index contributed by atoms with van der Waals surface area (Å²) in [5.41, 5.74) is 0.679. The number of hydrogen-bond acceptors (Lipinski definition) is 4. The van der Waals surface area contributed by atoms with Crippen molar-refractivity contribution in [1.82, 2.24) is 0 Å². The lowest BCUT2D eigenvalue weighted by molar-refractivity contribution is -0.116. The number of carbonyl (C=O) groups excluding carboxylic acids is 1. The summed E-state index contributed by atoms with van der Waals surface area (Å²) in [4.78, 5) is 12.0. The van der Waals surface area contributed by atoms with Gasteiger partial charge in [-0.2, -0.15) is 0 Å². The molecule has 0 spiro atoms. The molecule has 1 aromatic rings. The van der Waals surface area contributed by atoms with Crippen LogP contribution in [0.4, 0.5) is 5.69 Å². The van der Waals surface area contributed by atoms with Crippen LogP contribution < -0.4 is 10.1 Å². The first-order valence-electron chi connectivity index (χ1n) is 8.13. The zero-order valence-corrected chi connectivity index (χ0v) is 14.4. The van der Waals surface area contributed by atoms with Gasteiger partial charge in [-0.3, -0.25) is 4.79 Å². The van der Waals surface area contributed by atoms with Crippen LogP contribution in [0, 0.1) is 5.92 Å². The van der Waals surface area contributed by atoms with Crippen LogP contribution >= 0.6 is 0 Å². The molecule has 1 N–H and O–H groups in total. The van der Waals surface area contributed by atoms with E-state index in [0.29, 0.717) is 23.8 Å². The molecule has 0 unspecified atom stereocenters. The molecule has 2 rings (SSSR count). The Labute approximate surface area is 138 Å². The number of nitrogens with one attached hydrogen (secondary N) is 1. The zero-order valence-electron chi connectivity index (χ0n) is 13.6. The van der Waals surface area contributed by atoms with E-state index in [1.165, 1.54) is 31.9 Å². The molecule has 6 heteroatoms. The fraction of sp³-hybridized carbons (Fsp3) is 0.588. The number of ether oxygens (including phenoxy) is 1. The lowest BCUT2D eigenvalue weighted by Gasteiger charge is -2.10. The molecular weight excluding hydrogens is 314 g/mol. The van der Waals surface area contributed by atoms with Crippen LogP contribution in [0.2, 0.25) is 0 Å². The summed E-state index contributed by atoms with van der Waals surface area (Å²) >= 11 is 0. The number of carbonyl (C=O) groups is 1. The van der Waals surface area contributed by atoms with Crippen LogP contribution in [-0.2, 0) is 14.6 Å². The number of benzene rings is 1. The highest BCUT2D eigenvalue weighted by atomic mass is 32.2. The van der Waals surface area contributed by atoms with Crippen molar-refractivity contribution >= 4 is 21.4 Å². The minimum atomic E-state index is -3.03. The SMILES string of the molecule is CS(=O)(=O)CCOc1cccc(NC(=O)CCC2CCCC2)c1. The van der Waals surface area contributed by atoms with E-state index in [0.717, 1.165) is 6.42 Å². The molecule has 0 saturated heterocycles. The Hall–Kier alpha value is -1.56. The Morgan fingerprint density at radius 2 is 2.04 bits per heavy atom. The van der Waals surface area contributed by atoms with Crippen LogP contribution in [0.5, 0.6) is 5.75 Å². The number of rotatable bonds is 8. The molecule has 5 nitrogen and oxygen atoms in total. The minimum Gasteiger partial charge on any atom is -0.492 e. The fourth-order valence-corrected chi connectivity index (χ4v) is 3.22. The van der Waals surface area contributed by atoms with Crippen LogP contribution in [0.15, 0.2) is 24.3 Å². The Balaban J connectivity index is 1.78. The second-order valence-corrected chi connectivity index (χ2v) is 8.50. The molecule has 0 aliphatic heterocycles. The topological polar surface area (TPSA) is 72.5 Å². The van der Waals surface area contributed by atoms with Gasteiger partial charge >= 0.3 is 0 Å². The Morgan fingerprint density at radius 3 is 2.74 bits per heavy atom. The van der Waals surface area contributed by atoms with Gasteiger partial charge in [0, 0.05) is 24.4 Å². The third-order valence-corrected chi connectivity index (χ3v) is 5.00. The predicted octanol–water partition coefficient (Wildman–Crippen LogP) is 3.02. The van der Waals surface area contributed by atoms with Crippen molar-refractivity contribution in [2.45, 2.75) is 38.5 Å². The van der Waals surface area contributed by atoms with Crippen LogP contribution in [0.3, 0.4) is 0 Å². The van der Waals surface area contributed by atoms with Crippen molar-refractivity contribution < 1.29 is 17.9 Å². The van der Waals surface area contributed by atoms with E-state index < -0.39 is 9.84 Å². The minimum absolute atomic E-state index is 0.0187. The fourth-order valence-electron chi connectivity index (χ4n) is 2.83. The maximum absolute atomic E-state index is 12.0. The lowest BCUT2D eigenvalue weighted by Crippen LogP contribution is -2.13. The highest BCUT2D eigenvalue weighted by molar-refractivity contribution is 7.90. The first-order valence-corrected chi connectivity index (χ1v) is 10.2. The van der Waals surface area contributed by atoms with Crippen molar-refractivity contribution in [3.05, 3.63) is 24.3 Å². The van der Waals surface area contributed by atoms with Crippen molar-refractivity contribution in [3.63, 3.8) is 0 Å². The van der Waals surface area contributed by atoms with Crippen molar-refractivity contribution in [2.24, 2.45) is 5.92 Å². The van der Waals surface area contributed by atoms with Crippen molar-refractivity contribution in [3.8, 4) is 5.75 Å². The molecule has 1 amide bonds. The largest absolute Gasteiger partial charge is 0.492 e. The van der Waals surface area contributed by atoms with Crippen molar-refractivity contribution in [2.75, 3.05) is 23.9 Å². The molecule has 128 valence electrons. The summed E-state index contributed by atoms with van der Waals surface area (Å²) in [6.07, 6.45) is 7.75. The van der Waals surface area contributed by atoms with Crippen LogP contribution in [-0.4, -0.2) is 32.9 Å². The van der Waals surface area contributed by atoms with E-state index in [2.05, 4.69) is 5.32 Å². The molecule has 1 aliphatic rings. The Kier molecular flexibility index (Phi) is 6.45. The molecule has 0 bridgehead atoms. The second kappa shape index (κ2) is 8.34. The van der Waals surface area contributed by atoms with E-state index in [4.69, 9.17) is 4.74 Å². The van der Waals surface area contributed by atoms with Gasteiger partial charge < -0.3 is 10.1 Å². The highest BCUT2D eigenvalue weighted by Crippen LogP contribution is 2.28. The summed E-state index contributed by atoms with van der Waals surface area (Å²) in [7, 11) is -3.03. The normalized spacial score (nSPS) is 15.5. The molecule has 1 fully saturated rings. The second-order valence-electron chi connectivity index (χ2n) is 6.24. The smallest absolute Gasteiger partial charge is 0.224 e. The van der Waals surface area contributed by atoms with E-state index in [1.807, 2.05) is 0 Å². The third-order valence-electron chi connectivity index (χ3n) is 4.10. The molecule has 0 atom stereocenters. The van der Waals surface area contributed by atoms with Gasteiger partial charge in [0.05, 0.1) is 5.75 Å². The molecule has 0 aromatic heterocycles. The van der Waals surface area contributed by atoms with E-state index in [9.17, 15) is 13.2 Å². The lowest BCUT2D eigenvalue weighted by atomic mass is 10.0. The highest BCUT2D eigenvalue weighted by Gasteiger charge is 2.16. The molecular formula is C17H25NO4S. The van der Waals surface area contributed by atoms with Gasteiger partial charge in [0.15, 0.2) is 9.84 Å². The number of amides is 1. The maximum atomic E-state index is 12.0. The van der Waals surface area contributed by atoms with Crippen molar-refractivity contribution in [1.29, 1.82) is 0 Å². The molecule has 1 saturated carbocycles. The van der Waals surface area contributed by atoms with Gasteiger partial charge in [-0.1, -0.05) is 31.7 Å². The van der Waals surface area contributed by atoms with E-state index >= 15 is 0 Å². The average Bonchev–Trinajstić information content (AvgIpc) is 2.97. The molecule has 1 aliphatic carbocycles. The van der Waals surface area contributed by atoms with E-state index in [1.54, 1.807) is 24.3 Å². The van der Waals surface area contributed by atoms with E-state index in [-0.39, 0.29) is 18.3 Å². The zero-order chi connectivity index (χ0) is 16.7. The summed E-state index contributed by atoms with van der Waals surface area (Å²) in [5.74, 6) is 1.25. The van der Waals surface area contributed by atoms with Gasteiger partial charge in [-0.15, -0.1) is 0 Å². The van der Waals surface area contributed by atoms with Crippen LogP contribution in [0.25, 0.3) is 0 Å². The Morgan fingerprint density at radius 1 is 1.30 bits per heavy atom. The summed E-state index contributed by atoms with van der Waals surface area (Å²) in [6, 6.07) is 7.05. The maximum Gasteiger partial charge on any atom is 0.224 e. The number of anilines is 1. The van der Waals surface area contributed by atoms with Gasteiger partial charge in [-0.05, 0) is 24.5 Å². The molecule has 0 heterocycles. The summed E-state index contributed by atoms with van der Waals surface area (Å²) in [5, 5.41) is 2.88. The van der Waals surface area contributed by atoms with Crippen LogP contribution in [0.1, 0.15) is 38.5 Å². The molecule has 1 aromatic carbocycles. The summed E-state index contributed by atoms with van der Waals surface area (Å²) in [6.45, 7) is 0.109. The first kappa shape index (κ1) is 17.8. The predicted molar refractivity (Wildman–Crippen MR) is 91.5 cm³/mol. The molecule has 0 radical (unpaired) electrons. The monoisotopic (exact) mass is 339 g/mol. The number of hydrogen-bond donors (Lipinski definition) is 1. The first-order chi connectivity index (χ1) is 10.9. The summed E-state index contributed by atoms with van der Waals surface area (Å²) < 4.78 is 27.6. The average molecular weight is 339 g/mol. The van der Waals surface area contributed by atoms with Gasteiger partial charge in [-0.25, -0.2) is 8.42 Å². The third kappa shape index (κ3) is 7.03. The Bertz CT molecular complexity index is 621. The van der Waals surface area contributed by atoms with Gasteiger partial charge in [0.25, 0.3) is 0 Å².